The van der Waals surface area contributed by atoms with Gasteiger partial charge in [0.15, 0.2) is 18.9 Å². The van der Waals surface area contributed by atoms with Crippen molar-refractivity contribution < 1.29 is 4.57 Å². The Bertz CT molecular complexity index is 220. The Kier molecular flexibility index (Phi) is 2.34. The molecular formula is C7H9N2S+. The van der Waals surface area contributed by atoms with E-state index in [9.17, 15) is 0 Å². The predicted octanol–water partition coefficient (Wildman–Crippen LogP) is 0.260. The van der Waals surface area contributed by atoms with Crippen LogP contribution < -0.4 is 10.3 Å². The van der Waals surface area contributed by atoms with Gasteiger partial charge >= 0.3 is 0 Å². The Balaban J connectivity index is 2.67. The van der Waals surface area contributed by atoms with Gasteiger partial charge in [0, 0.05) is 12.1 Å². The van der Waals surface area contributed by atoms with Crippen LogP contribution in [-0.2, 0) is 6.54 Å². The summed E-state index contributed by atoms with van der Waals surface area (Å²) < 4.78 is 1.93. The van der Waals surface area contributed by atoms with E-state index >= 15 is 0 Å². The molecule has 0 bridgehead atoms. The van der Waals surface area contributed by atoms with Crippen LogP contribution in [0.1, 0.15) is 0 Å². The standard InChI is InChI=1S/C7H8N2S/c8-7(10)6-9-4-2-1-3-5-9/h1-5H,6H2,(H-,8,10)/p+1. The second-order valence-electron chi connectivity index (χ2n) is 2.01. The molecule has 52 valence electrons. The zero-order valence-corrected chi connectivity index (χ0v) is 6.34. The Morgan fingerprint density at radius 1 is 1.30 bits per heavy atom. The van der Waals surface area contributed by atoms with Gasteiger partial charge in [0.1, 0.15) is 4.99 Å². The van der Waals surface area contributed by atoms with Crippen molar-refractivity contribution in [3.63, 3.8) is 0 Å². The molecule has 0 fully saturated rings. The van der Waals surface area contributed by atoms with Crippen LogP contribution in [0.25, 0.3) is 0 Å². The van der Waals surface area contributed by atoms with Gasteiger partial charge in [0.25, 0.3) is 0 Å². The molecule has 0 aliphatic carbocycles. The van der Waals surface area contributed by atoms with Crippen LogP contribution in [-0.4, -0.2) is 4.99 Å². The first-order valence-electron chi connectivity index (χ1n) is 3.01. The number of rotatable bonds is 2. The molecule has 0 aliphatic heterocycles. The van der Waals surface area contributed by atoms with Crippen molar-refractivity contribution in [3.05, 3.63) is 30.6 Å². The third-order valence-electron chi connectivity index (χ3n) is 1.12. The van der Waals surface area contributed by atoms with Crippen LogP contribution in [0.4, 0.5) is 0 Å². The summed E-state index contributed by atoms with van der Waals surface area (Å²) in [6.07, 6.45) is 3.86. The van der Waals surface area contributed by atoms with E-state index in [1.807, 2.05) is 35.2 Å². The van der Waals surface area contributed by atoms with E-state index in [4.69, 9.17) is 18.0 Å². The molecule has 0 aliphatic rings. The lowest BCUT2D eigenvalue weighted by molar-refractivity contribution is -0.681. The lowest BCUT2D eigenvalue weighted by atomic mass is 10.5. The van der Waals surface area contributed by atoms with Crippen molar-refractivity contribution in [2.75, 3.05) is 0 Å². The summed E-state index contributed by atoms with van der Waals surface area (Å²) in [7, 11) is 0. The first-order chi connectivity index (χ1) is 4.79. The molecule has 2 N–H and O–H groups in total. The highest BCUT2D eigenvalue weighted by Crippen LogP contribution is 1.76. The number of aromatic nitrogens is 1. The van der Waals surface area contributed by atoms with Crippen molar-refractivity contribution in [1.29, 1.82) is 0 Å². The number of hydrogen-bond acceptors (Lipinski definition) is 1. The highest BCUT2D eigenvalue weighted by molar-refractivity contribution is 7.80. The first-order valence-corrected chi connectivity index (χ1v) is 3.42. The molecule has 1 rings (SSSR count). The van der Waals surface area contributed by atoms with Gasteiger partial charge in [-0.15, -0.1) is 0 Å². The minimum Gasteiger partial charge on any atom is -0.388 e. The summed E-state index contributed by atoms with van der Waals surface area (Å²) in [6, 6.07) is 5.84. The minimum absolute atomic E-state index is 0.510. The molecule has 0 amide bonds. The summed E-state index contributed by atoms with van der Waals surface area (Å²) in [5.41, 5.74) is 5.34. The minimum atomic E-state index is 0.510. The van der Waals surface area contributed by atoms with E-state index in [0.29, 0.717) is 11.5 Å². The van der Waals surface area contributed by atoms with Crippen LogP contribution in [0.2, 0.25) is 0 Å². The van der Waals surface area contributed by atoms with E-state index in [2.05, 4.69) is 0 Å². The fourth-order valence-electron chi connectivity index (χ4n) is 0.720. The van der Waals surface area contributed by atoms with Gasteiger partial charge in [-0.1, -0.05) is 18.3 Å². The second-order valence-corrected chi connectivity index (χ2v) is 2.54. The number of nitrogens with zero attached hydrogens (tertiary/aromatic N) is 1. The van der Waals surface area contributed by atoms with Crippen molar-refractivity contribution in [2.45, 2.75) is 6.54 Å². The van der Waals surface area contributed by atoms with Gasteiger partial charge in [-0.05, 0) is 0 Å². The van der Waals surface area contributed by atoms with E-state index in [1.165, 1.54) is 0 Å². The maximum Gasteiger partial charge on any atom is 0.198 e. The predicted molar refractivity (Wildman–Crippen MR) is 43.4 cm³/mol. The summed E-state index contributed by atoms with van der Waals surface area (Å²) >= 11 is 4.73. The highest BCUT2D eigenvalue weighted by atomic mass is 32.1. The fraction of sp³-hybridized carbons (Fsp3) is 0.143. The average molecular weight is 153 g/mol. The normalized spacial score (nSPS) is 9.20. The zero-order chi connectivity index (χ0) is 7.40. The van der Waals surface area contributed by atoms with E-state index in [0.717, 1.165) is 0 Å². The number of thiocarbonyl (C=S) groups is 1. The van der Waals surface area contributed by atoms with Crippen molar-refractivity contribution in [2.24, 2.45) is 5.73 Å². The molecule has 0 spiro atoms. The molecule has 3 heteroatoms. The molecule has 1 aromatic heterocycles. The third-order valence-corrected chi connectivity index (χ3v) is 1.24. The molecule has 2 nitrogen and oxygen atoms in total. The largest absolute Gasteiger partial charge is 0.388 e. The van der Waals surface area contributed by atoms with Crippen molar-refractivity contribution in [3.8, 4) is 0 Å². The van der Waals surface area contributed by atoms with Crippen LogP contribution in [0.5, 0.6) is 0 Å². The van der Waals surface area contributed by atoms with Gasteiger partial charge in [0.2, 0.25) is 0 Å². The summed E-state index contributed by atoms with van der Waals surface area (Å²) in [5, 5.41) is 0. The molecule has 0 radical (unpaired) electrons. The monoisotopic (exact) mass is 153 g/mol. The third kappa shape index (κ3) is 2.11. The molecule has 1 heterocycles. The quantitative estimate of drug-likeness (QED) is 0.488. The van der Waals surface area contributed by atoms with Crippen LogP contribution in [0.15, 0.2) is 30.6 Å². The lowest BCUT2D eigenvalue weighted by Gasteiger charge is -1.91. The Labute approximate surface area is 65.3 Å². The van der Waals surface area contributed by atoms with Gasteiger partial charge in [0.05, 0.1) is 0 Å². The maximum absolute atomic E-state index is 5.34. The summed E-state index contributed by atoms with van der Waals surface area (Å²) in [4.78, 5) is 0.510. The lowest BCUT2D eigenvalue weighted by Crippen LogP contribution is -2.38. The average Bonchev–Trinajstić information content (AvgIpc) is 1.88. The number of hydrogen-bond donors (Lipinski definition) is 1. The maximum atomic E-state index is 5.34. The number of nitrogens with two attached hydrogens (primary N) is 1. The Morgan fingerprint density at radius 3 is 2.40 bits per heavy atom. The van der Waals surface area contributed by atoms with Crippen molar-refractivity contribution in [1.82, 2.24) is 0 Å². The topological polar surface area (TPSA) is 29.9 Å². The molecule has 0 aromatic carbocycles. The molecular weight excluding hydrogens is 144 g/mol. The number of pyridine rings is 1. The van der Waals surface area contributed by atoms with E-state index < -0.39 is 0 Å². The fourth-order valence-corrected chi connectivity index (χ4v) is 0.869. The second kappa shape index (κ2) is 3.27. The Hall–Kier alpha value is -0.960. The molecule has 0 saturated carbocycles. The highest BCUT2D eigenvalue weighted by Gasteiger charge is 1.97. The Morgan fingerprint density at radius 2 is 1.90 bits per heavy atom. The van der Waals surface area contributed by atoms with Gasteiger partial charge in [-0.3, -0.25) is 0 Å². The van der Waals surface area contributed by atoms with Crippen LogP contribution >= 0.6 is 12.2 Å². The first kappa shape index (κ1) is 7.15. The summed E-state index contributed by atoms with van der Waals surface area (Å²) in [6.45, 7) is 0.621. The van der Waals surface area contributed by atoms with Gasteiger partial charge < -0.3 is 5.73 Å². The molecule has 0 atom stereocenters. The van der Waals surface area contributed by atoms with Gasteiger partial charge in [-0.25, -0.2) is 0 Å². The smallest absolute Gasteiger partial charge is 0.198 e. The van der Waals surface area contributed by atoms with Crippen molar-refractivity contribution >= 4 is 17.2 Å². The zero-order valence-electron chi connectivity index (χ0n) is 5.53. The molecule has 10 heavy (non-hydrogen) atoms. The molecule has 0 saturated heterocycles. The summed E-state index contributed by atoms with van der Waals surface area (Å²) in [5.74, 6) is 0. The van der Waals surface area contributed by atoms with Crippen LogP contribution in [0.3, 0.4) is 0 Å². The molecule has 1 aromatic rings. The van der Waals surface area contributed by atoms with E-state index in [1.54, 1.807) is 0 Å². The molecule has 0 unspecified atom stereocenters. The van der Waals surface area contributed by atoms with Gasteiger partial charge in [-0.2, -0.15) is 4.57 Å². The SMILES string of the molecule is NC(=S)C[n+]1ccccc1. The van der Waals surface area contributed by atoms with Crippen LogP contribution in [0, 0.1) is 0 Å². The van der Waals surface area contributed by atoms with E-state index in [-0.39, 0.29) is 0 Å².